The van der Waals surface area contributed by atoms with Gasteiger partial charge >= 0.3 is 24.3 Å². The molecule has 1 fully saturated rings. The first kappa shape index (κ1) is 21.3. The number of piperidine rings is 1. The number of rotatable bonds is 6. The second-order valence-electron chi connectivity index (χ2n) is 5.95. The fraction of sp³-hybridized carbons (Fsp3) is 0.500. The molecule has 1 saturated heterocycles. The molecule has 1 aliphatic rings. The van der Waals surface area contributed by atoms with Gasteiger partial charge < -0.3 is 15.2 Å². The molecule has 1 aromatic carbocycles. The van der Waals surface area contributed by atoms with Gasteiger partial charge in [0.1, 0.15) is 5.75 Å². The standard InChI is InChI=1S/C16H19ClF3N3O4/c17-11-1-3-12(4-2-11)26-14(27-15(25)16(18,19)20)13(24)22-23-7-5-10(9-21)6-8-23/h1-4,10,14H,5-9,21H2,(H,22,24). The molecule has 7 nitrogen and oxygen atoms in total. The van der Waals surface area contributed by atoms with E-state index in [1.54, 1.807) is 0 Å². The number of ether oxygens (including phenoxy) is 2. The van der Waals surface area contributed by atoms with E-state index in [1.165, 1.54) is 29.3 Å². The van der Waals surface area contributed by atoms with E-state index in [0.29, 0.717) is 30.6 Å². The Morgan fingerprint density at radius 3 is 2.37 bits per heavy atom. The lowest BCUT2D eigenvalue weighted by atomic mass is 9.98. The van der Waals surface area contributed by atoms with E-state index >= 15 is 0 Å². The molecule has 0 saturated carbocycles. The summed E-state index contributed by atoms with van der Waals surface area (Å²) in [5.74, 6) is -3.23. The van der Waals surface area contributed by atoms with Crippen LogP contribution in [0.4, 0.5) is 13.2 Å². The lowest BCUT2D eigenvalue weighted by molar-refractivity contribution is -0.217. The first-order valence-electron chi connectivity index (χ1n) is 8.14. The Morgan fingerprint density at radius 1 is 1.26 bits per heavy atom. The Morgan fingerprint density at radius 2 is 1.85 bits per heavy atom. The molecule has 11 heteroatoms. The highest BCUT2D eigenvalue weighted by molar-refractivity contribution is 6.30. The number of amides is 1. The van der Waals surface area contributed by atoms with Gasteiger partial charge in [0.25, 0.3) is 0 Å². The Hall–Kier alpha value is -2.04. The van der Waals surface area contributed by atoms with Crippen molar-refractivity contribution in [2.24, 2.45) is 11.7 Å². The van der Waals surface area contributed by atoms with E-state index in [4.69, 9.17) is 22.1 Å². The van der Waals surface area contributed by atoms with Crippen LogP contribution in [-0.2, 0) is 14.3 Å². The fourth-order valence-corrected chi connectivity index (χ4v) is 2.55. The number of nitrogens with zero attached hydrogens (tertiary/aromatic N) is 1. The number of hydrazine groups is 1. The molecule has 2 rings (SSSR count). The molecule has 0 spiro atoms. The zero-order valence-electron chi connectivity index (χ0n) is 14.2. The van der Waals surface area contributed by atoms with Gasteiger partial charge in [-0.25, -0.2) is 9.80 Å². The molecule has 1 heterocycles. The first-order valence-corrected chi connectivity index (χ1v) is 8.52. The van der Waals surface area contributed by atoms with E-state index in [-0.39, 0.29) is 5.75 Å². The smallest absolute Gasteiger partial charge is 0.446 e. The van der Waals surface area contributed by atoms with Gasteiger partial charge in [0.05, 0.1) is 0 Å². The van der Waals surface area contributed by atoms with Gasteiger partial charge in [-0.3, -0.25) is 10.2 Å². The Kier molecular flexibility index (Phi) is 7.28. The summed E-state index contributed by atoms with van der Waals surface area (Å²) < 4.78 is 46.8. The van der Waals surface area contributed by atoms with Crippen molar-refractivity contribution < 1.29 is 32.2 Å². The number of alkyl halides is 3. The second-order valence-corrected chi connectivity index (χ2v) is 6.39. The molecule has 1 unspecified atom stereocenters. The molecule has 0 aliphatic carbocycles. The Bertz CT molecular complexity index is 649. The molecule has 27 heavy (non-hydrogen) atoms. The van der Waals surface area contributed by atoms with Crippen molar-refractivity contribution in [3.8, 4) is 5.75 Å². The summed E-state index contributed by atoms with van der Waals surface area (Å²) in [4.78, 5) is 23.5. The maximum Gasteiger partial charge on any atom is 0.491 e. The SMILES string of the molecule is NCC1CCN(NC(=O)C(OC(=O)C(F)(F)F)Oc2ccc(Cl)cc2)CC1. The van der Waals surface area contributed by atoms with Gasteiger partial charge in [0.15, 0.2) is 0 Å². The lowest BCUT2D eigenvalue weighted by Crippen LogP contribution is -2.53. The van der Waals surface area contributed by atoms with Crippen LogP contribution in [0.2, 0.25) is 5.02 Å². The first-order chi connectivity index (χ1) is 12.7. The highest BCUT2D eigenvalue weighted by atomic mass is 35.5. The molecule has 1 aromatic rings. The fourth-order valence-electron chi connectivity index (χ4n) is 2.42. The van der Waals surface area contributed by atoms with Gasteiger partial charge in [-0.2, -0.15) is 13.2 Å². The molecule has 1 amide bonds. The van der Waals surface area contributed by atoms with Crippen LogP contribution in [0.15, 0.2) is 24.3 Å². The van der Waals surface area contributed by atoms with Gasteiger partial charge in [0, 0.05) is 18.1 Å². The third-order valence-electron chi connectivity index (χ3n) is 3.93. The van der Waals surface area contributed by atoms with E-state index in [2.05, 4.69) is 10.2 Å². The van der Waals surface area contributed by atoms with Crippen molar-refractivity contribution in [1.82, 2.24) is 10.4 Å². The van der Waals surface area contributed by atoms with Gasteiger partial charge in [-0.1, -0.05) is 11.6 Å². The molecule has 150 valence electrons. The summed E-state index contributed by atoms with van der Waals surface area (Å²) in [5, 5.41) is 1.88. The summed E-state index contributed by atoms with van der Waals surface area (Å²) in [6.45, 7) is 1.45. The minimum atomic E-state index is -5.26. The number of halogens is 4. The summed E-state index contributed by atoms with van der Waals surface area (Å²) in [5.41, 5.74) is 8.00. The minimum Gasteiger partial charge on any atom is -0.446 e. The molecule has 1 atom stereocenters. The number of nitrogens with two attached hydrogens (primary N) is 1. The Balaban J connectivity index is 2.04. The highest BCUT2D eigenvalue weighted by Crippen LogP contribution is 2.21. The van der Waals surface area contributed by atoms with Crippen LogP contribution in [0.25, 0.3) is 0 Å². The van der Waals surface area contributed by atoms with Crippen molar-refractivity contribution in [2.75, 3.05) is 19.6 Å². The maximum absolute atomic E-state index is 12.5. The molecule has 0 radical (unpaired) electrons. The van der Waals surface area contributed by atoms with E-state index in [1.807, 2.05) is 0 Å². The van der Waals surface area contributed by atoms with Gasteiger partial charge in [0.2, 0.25) is 0 Å². The molecular weight excluding hydrogens is 391 g/mol. The maximum atomic E-state index is 12.5. The normalized spacial score (nSPS) is 17.2. The quantitative estimate of drug-likeness (QED) is 0.550. The number of hydrogen-bond donors (Lipinski definition) is 2. The van der Waals surface area contributed by atoms with E-state index in [9.17, 15) is 22.8 Å². The topological polar surface area (TPSA) is 93.9 Å². The van der Waals surface area contributed by atoms with Crippen LogP contribution in [0.5, 0.6) is 5.75 Å². The van der Waals surface area contributed by atoms with Gasteiger partial charge in [-0.15, -0.1) is 0 Å². The average Bonchev–Trinajstić information content (AvgIpc) is 2.62. The summed E-state index contributed by atoms with van der Waals surface area (Å²) in [6, 6.07) is 5.48. The van der Waals surface area contributed by atoms with Crippen molar-refractivity contribution >= 4 is 23.5 Å². The number of nitrogens with one attached hydrogen (secondary N) is 1. The van der Waals surface area contributed by atoms with Crippen molar-refractivity contribution in [3.05, 3.63) is 29.3 Å². The molecule has 1 aliphatic heterocycles. The third-order valence-corrected chi connectivity index (χ3v) is 4.18. The number of benzene rings is 1. The van der Waals surface area contributed by atoms with E-state index < -0.39 is 24.3 Å². The summed E-state index contributed by atoms with van der Waals surface area (Å²) in [7, 11) is 0. The number of carbonyl (C=O) groups excluding carboxylic acids is 2. The monoisotopic (exact) mass is 409 g/mol. The highest BCUT2D eigenvalue weighted by Gasteiger charge is 2.44. The molecule has 0 bridgehead atoms. The van der Waals surface area contributed by atoms with Crippen molar-refractivity contribution in [1.29, 1.82) is 0 Å². The largest absolute Gasteiger partial charge is 0.491 e. The Labute approximate surface area is 158 Å². The summed E-state index contributed by atoms with van der Waals surface area (Å²) in [6.07, 6.45) is -5.93. The van der Waals surface area contributed by atoms with E-state index in [0.717, 1.165) is 12.8 Å². The van der Waals surface area contributed by atoms with Crippen molar-refractivity contribution in [2.45, 2.75) is 25.3 Å². The predicted molar refractivity (Wildman–Crippen MR) is 89.5 cm³/mol. The van der Waals surface area contributed by atoms with Gasteiger partial charge in [-0.05, 0) is 49.6 Å². The predicted octanol–water partition coefficient (Wildman–Crippen LogP) is 1.85. The number of hydrogen-bond acceptors (Lipinski definition) is 6. The van der Waals surface area contributed by atoms with Crippen LogP contribution in [-0.4, -0.2) is 49.0 Å². The molecule has 0 aromatic heterocycles. The average molecular weight is 410 g/mol. The van der Waals surface area contributed by atoms with Crippen LogP contribution >= 0.6 is 11.6 Å². The van der Waals surface area contributed by atoms with Crippen LogP contribution < -0.4 is 15.9 Å². The second kappa shape index (κ2) is 9.25. The minimum absolute atomic E-state index is 0.0105. The third kappa shape index (κ3) is 6.56. The number of carbonyl (C=O) groups is 2. The molecular formula is C16H19ClF3N3O4. The van der Waals surface area contributed by atoms with Crippen LogP contribution in [0, 0.1) is 5.92 Å². The van der Waals surface area contributed by atoms with Crippen LogP contribution in [0.3, 0.4) is 0 Å². The molecule has 3 N–H and O–H groups in total. The number of esters is 1. The van der Waals surface area contributed by atoms with Crippen molar-refractivity contribution in [3.63, 3.8) is 0 Å². The zero-order chi connectivity index (χ0) is 20.0. The van der Waals surface area contributed by atoms with Crippen LogP contribution in [0.1, 0.15) is 12.8 Å². The zero-order valence-corrected chi connectivity index (χ0v) is 14.9. The summed E-state index contributed by atoms with van der Waals surface area (Å²) >= 11 is 5.72. The lowest BCUT2D eigenvalue weighted by Gasteiger charge is -2.32.